The second-order valence-electron chi connectivity index (χ2n) is 4.84. The van der Waals surface area contributed by atoms with Crippen LogP contribution in [0, 0.1) is 5.82 Å². The molecule has 2 rings (SSSR count). The Hall–Kier alpha value is -2.07. The minimum atomic E-state index is -0.219. The molecule has 0 aliphatic rings. The van der Waals surface area contributed by atoms with Crippen molar-refractivity contribution in [2.75, 3.05) is 14.2 Å². The summed E-state index contributed by atoms with van der Waals surface area (Å²) in [4.78, 5) is 0. The summed E-state index contributed by atoms with van der Waals surface area (Å²) in [6.45, 7) is 2.64. The Balaban J connectivity index is 2.07. The number of ether oxygens (including phenoxy) is 2. The lowest BCUT2D eigenvalue weighted by Gasteiger charge is -2.18. The summed E-state index contributed by atoms with van der Waals surface area (Å²) in [7, 11) is 3.26. The third kappa shape index (κ3) is 3.95. The third-order valence-corrected chi connectivity index (χ3v) is 3.41. The van der Waals surface area contributed by atoms with E-state index in [2.05, 4.69) is 5.32 Å². The predicted octanol–water partition coefficient (Wildman–Crippen LogP) is 3.69. The highest BCUT2D eigenvalue weighted by molar-refractivity contribution is 5.42. The molecule has 2 aromatic rings. The SMILES string of the molecule is COc1ccc(C(C)NCc2cccc(F)c2)c(OC)c1. The lowest BCUT2D eigenvalue weighted by Crippen LogP contribution is -2.18. The maximum Gasteiger partial charge on any atom is 0.127 e. The lowest BCUT2D eigenvalue weighted by molar-refractivity contribution is 0.385. The Morgan fingerprint density at radius 3 is 2.57 bits per heavy atom. The summed E-state index contributed by atoms with van der Waals surface area (Å²) in [5.74, 6) is 1.31. The van der Waals surface area contributed by atoms with Gasteiger partial charge in [0.15, 0.2) is 0 Å². The molecule has 1 N–H and O–H groups in total. The molecule has 0 aliphatic heterocycles. The maximum absolute atomic E-state index is 13.2. The van der Waals surface area contributed by atoms with Gasteiger partial charge >= 0.3 is 0 Å². The van der Waals surface area contributed by atoms with Gasteiger partial charge in [0.05, 0.1) is 14.2 Å². The average Bonchev–Trinajstić information content (AvgIpc) is 2.52. The van der Waals surface area contributed by atoms with Gasteiger partial charge in [0.1, 0.15) is 17.3 Å². The maximum atomic E-state index is 13.2. The van der Waals surface area contributed by atoms with Crippen molar-refractivity contribution >= 4 is 0 Å². The largest absolute Gasteiger partial charge is 0.497 e. The molecule has 0 amide bonds. The molecule has 4 heteroatoms. The van der Waals surface area contributed by atoms with E-state index in [1.807, 2.05) is 31.2 Å². The van der Waals surface area contributed by atoms with Gasteiger partial charge in [0.2, 0.25) is 0 Å². The van der Waals surface area contributed by atoms with Gasteiger partial charge in [-0.3, -0.25) is 0 Å². The molecule has 0 bridgehead atoms. The van der Waals surface area contributed by atoms with E-state index in [4.69, 9.17) is 9.47 Å². The Labute approximate surface area is 124 Å². The number of halogens is 1. The fourth-order valence-corrected chi connectivity index (χ4v) is 2.20. The van der Waals surface area contributed by atoms with Crippen LogP contribution in [-0.4, -0.2) is 14.2 Å². The van der Waals surface area contributed by atoms with Crippen molar-refractivity contribution in [1.82, 2.24) is 5.32 Å². The van der Waals surface area contributed by atoms with Gasteiger partial charge in [-0.05, 0) is 30.7 Å². The molecule has 0 spiro atoms. The minimum Gasteiger partial charge on any atom is -0.497 e. The van der Waals surface area contributed by atoms with Crippen molar-refractivity contribution in [2.24, 2.45) is 0 Å². The van der Waals surface area contributed by atoms with E-state index in [1.165, 1.54) is 12.1 Å². The van der Waals surface area contributed by atoms with Gasteiger partial charge in [0, 0.05) is 24.2 Å². The van der Waals surface area contributed by atoms with Crippen molar-refractivity contribution in [1.29, 1.82) is 0 Å². The van der Waals surface area contributed by atoms with Gasteiger partial charge < -0.3 is 14.8 Å². The molecular weight excluding hydrogens is 269 g/mol. The topological polar surface area (TPSA) is 30.5 Å². The molecule has 2 aromatic carbocycles. The highest BCUT2D eigenvalue weighted by Gasteiger charge is 2.12. The van der Waals surface area contributed by atoms with E-state index in [9.17, 15) is 4.39 Å². The van der Waals surface area contributed by atoms with Gasteiger partial charge in [-0.15, -0.1) is 0 Å². The van der Waals surface area contributed by atoms with E-state index >= 15 is 0 Å². The molecule has 21 heavy (non-hydrogen) atoms. The molecule has 0 saturated carbocycles. The first kappa shape index (κ1) is 15.3. The van der Waals surface area contributed by atoms with Crippen LogP contribution in [0.25, 0.3) is 0 Å². The van der Waals surface area contributed by atoms with Crippen LogP contribution < -0.4 is 14.8 Å². The highest BCUT2D eigenvalue weighted by atomic mass is 19.1. The number of methoxy groups -OCH3 is 2. The van der Waals surface area contributed by atoms with E-state index in [0.29, 0.717) is 6.54 Å². The molecule has 112 valence electrons. The van der Waals surface area contributed by atoms with Crippen LogP contribution in [0.3, 0.4) is 0 Å². The molecule has 0 fully saturated rings. The smallest absolute Gasteiger partial charge is 0.127 e. The summed E-state index contributed by atoms with van der Waals surface area (Å²) in [6, 6.07) is 12.4. The fourth-order valence-electron chi connectivity index (χ4n) is 2.20. The van der Waals surface area contributed by atoms with Gasteiger partial charge in [-0.2, -0.15) is 0 Å². The first-order valence-corrected chi connectivity index (χ1v) is 6.83. The molecule has 0 aromatic heterocycles. The second-order valence-corrected chi connectivity index (χ2v) is 4.84. The number of hydrogen-bond donors (Lipinski definition) is 1. The fraction of sp³-hybridized carbons (Fsp3) is 0.294. The van der Waals surface area contributed by atoms with Crippen LogP contribution in [-0.2, 0) is 6.54 Å². The normalized spacial score (nSPS) is 12.0. The van der Waals surface area contributed by atoms with Crippen LogP contribution in [0.15, 0.2) is 42.5 Å². The molecule has 0 radical (unpaired) electrons. The standard InChI is InChI=1S/C17H20FNO2/c1-12(19-11-13-5-4-6-14(18)9-13)16-8-7-15(20-2)10-17(16)21-3/h4-10,12,19H,11H2,1-3H3. The number of hydrogen-bond acceptors (Lipinski definition) is 3. The Morgan fingerprint density at radius 1 is 1.10 bits per heavy atom. The monoisotopic (exact) mass is 289 g/mol. The van der Waals surface area contributed by atoms with E-state index in [-0.39, 0.29) is 11.9 Å². The van der Waals surface area contributed by atoms with Crippen molar-refractivity contribution in [3.63, 3.8) is 0 Å². The molecule has 0 aliphatic carbocycles. The Bertz CT molecular complexity index is 601. The lowest BCUT2D eigenvalue weighted by atomic mass is 10.1. The zero-order valence-electron chi connectivity index (χ0n) is 12.5. The zero-order chi connectivity index (χ0) is 15.2. The molecule has 0 heterocycles. The molecule has 0 saturated heterocycles. The summed E-state index contributed by atoms with van der Waals surface area (Å²) < 4.78 is 23.7. The van der Waals surface area contributed by atoms with Gasteiger partial charge in [-0.25, -0.2) is 4.39 Å². The predicted molar refractivity (Wildman–Crippen MR) is 81.2 cm³/mol. The summed E-state index contributed by atoms with van der Waals surface area (Å²) >= 11 is 0. The minimum absolute atomic E-state index is 0.0779. The highest BCUT2D eigenvalue weighted by Crippen LogP contribution is 2.29. The summed E-state index contributed by atoms with van der Waals surface area (Å²) in [5, 5.41) is 3.37. The molecular formula is C17H20FNO2. The van der Waals surface area contributed by atoms with Crippen molar-refractivity contribution in [3.05, 3.63) is 59.4 Å². The van der Waals surface area contributed by atoms with Crippen LogP contribution in [0.4, 0.5) is 4.39 Å². The molecule has 1 unspecified atom stereocenters. The first-order valence-electron chi connectivity index (χ1n) is 6.83. The van der Waals surface area contributed by atoms with E-state index < -0.39 is 0 Å². The van der Waals surface area contributed by atoms with Crippen LogP contribution in [0.1, 0.15) is 24.1 Å². The third-order valence-electron chi connectivity index (χ3n) is 3.41. The van der Waals surface area contributed by atoms with Gasteiger partial charge in [-0.1, -0.05) is 18.2 Å². The Kier molecular flexibility index (Phi) is 5.17. The van der Waals surface area contributed by atoms with Crippen LogP contribution in [0.5, 0.6) is 11.5 Å². The second kappa shape index (κ2) is 7.09. The quantitative estimate of drug-likeness (QED) is 0.879. The first-order chi connectivity index (χ1) is 10.1. The number of rotatable bonds is 6. The Morgan fingerprint density at radius 2 is 1.90 bits per heavy atom. The number of benzene rings is 2. The number of nitrogens with one attached hydrogen (secondary N) is 1. The molecule has 3 nitrogen and oxygen atoms in total. The van der Waals surface area contributed by atoms with E-state index in [0.717, 1.165) is 22.6 Å². The summed E-state index contributed by atoms with van der Waals surface area (Å²) in [5.41, 5.74) is 1.95. The van der Waals surface area contributed by atoms with Gasteiger partial charge in [0.25, 0.3) is 0 Å². The van der Waals surface area contributed by atoms with Crippen LogP contribution in [0.2, 0.25) is 0 Å². The van der Waals surface area contributed by atoms with Crippen molar-refractivity contribution in [3.8, 4) is 11.5 Å². The summed E-state index contributed by atoms with van der Waals surface area (Å²) in [6.07, 6.45) is 0. The van der Waals surface area contributed by atoms with Crippen LogP contribution >= 0.6 is 0 Å². The van der Waals surface area contributed by atoms with Crippen molar-refractivity contribution in [2.45, 2.75) is 19.5 Å². The zero-order valence-corrected chi connectivity index (χ0v) is 12.5. The van der Waals surface area contributed by atoms with Crippen molar-refractivity contribution < 1.29 is 13.9 Å². The molecule has 1 atom stereocenters. The van der Waals surface area contributed by atoms with E-state index in [1.54, 1.807) is 20.3 Å². The average molecular weight is 289 g/mol.